The molecule has 1 fully saturated rings. The largest absolute Gasteiger partial charge is 0.396 e. The van der Waals surface area contributed by atoms with Crippen molar-refractivity contribution in [3.8, 4) is 0 Å². The van der Waals surface area contributed by atoms with Gasteiger partial charge in [-0.1, -0.05) is 20.8 Å². The number of aliphatic imine (C=N–C) groups is 1. The maximum Gasteiger partial charge on any atom is 0.191 e. The minimum absolute atomic E-state index is 0. The van der Waals surface area contributed by atoms with Crippen LogP contribution in [0.15, 0.2) is 4.99 Å². The Bertz CT molecular complexity index is 380. The number of hydrogen-bond donors (Lipinski definition) is 3. The maximum atomic E-state index is 9.37. The Labute approximate surface area is 185 Å². The molecule has 27 heavy (non-hydrogen) atoms. The first-order valence-electron chi connectivity index (χ1n) is 10.9. The van der Waals surface area contributed by atoms with Crippen molar-refractivity contribution >= 4 is 29.9 Å². The minimum atomic E-state index is 0. The van der Waals surface area contributed by atoms with Crippen molar-refractivity contribution in [2.75, 3.05) is 45.9 Å². The van der Waals surface area contributed by atoms with Gasteiger partial charge in [0.05, 0.1) is 0 Å². The van der Waals surface area contributed by atoms with Crippen molar-refractivity contribution in [2.24, 2.45) is 16.3 Å². The smallest absolute Gasteiger partial charge is 0.191 e. The van der Waals surface area contributed by atoms with Crippen LogP contribution in [0, 0.1) is 11.3 Å². The van der Waals surface area contributed by atoms with E-state index in [1.165, 1.54) is 45.3 Å². The molecule has 0 aliphatic carbocycles. The first kappa shape index (κ1) is 26.9. The molecule has 0 amide bonds. The molecule has 0 unspecified atom stereocenters. The molecule has 6 heteroatoms. The maximum absolute atomic E-state index is 9.37. The summed E-state index contributed by atoms with van der Waals surface area (Å²) in [5.41, 5.74) is 0.127. The highest BCUT2D eigenvalue weighted by Crippen LogP contribution is 2.30. The van der Waals surface area contributed by atoms with Crippen LogP contribution in [0.25, 0.3) is 0 Å². The molecule has 1 heterocycles. The molecule has 1 aliphatic rings. The van der Waals surface area contributed by atoms with Gasteiger partial charge in [-0.2, -0.15) is 0 Å². The number of nitrogens with zero attached hydrogens (tertiary/aromatic N) is 2. The molecule has 0 aromatic rings. The quantitative estimate of drug-likeness (QED) is 0.166. The first-order valence-corrected chi connectivity index (χ1v) is 10.9. The number of piperidine rings is 1. The SMILES string of the molecule is CCNC(=NCC(CC)(CC)CCO)NCCCCN1CCC(C)CC1.I. The zero-order valence-electron chi connectivity index (χ0n) is 18.2. The van der Waals surface area contributed by atoms with Gasteiger partial charge in [-0.25, -0.2) is 0 Å². The van der Waals surface area contributed by atoms with E-state index in [2.05, 4.69) is 43.2 Å². The average molecular weight is 497 g/mol. The van der Waals surface area contributed by atoms with Crippen LogP contribution < -0.4 is 10.6 Å². The van der Waals surface area contributed by atoms with Crippen LogP contribution in [-0.4, -0.2) is 61.8 Å². The molecule has 0 aromatic heterocycles. The predicted octanol–water partition coefficient (Wildman–Crippen LogP) is 3.86. The Kier molecular flexibility index (Phi) is 15.8. The summed E-state index contributed by atoms with van der Waals surface area (Å²) >= 11 is 0. The molecule has 3 N–H and O–H groups in total. The summed E-state index contributed by atoms with van der Waals surface area (Å²) in [4.78, 5) is 7.43. The molecule has 0 saturated carbocycles. The van der Waals surface area contributed by atoms with Crippen LogP contribution in [0.2, 0.25) is 0 Å². The summed E-state index contributed by atoms with van der Waals surface area (Å²) < 4.78 is 0. The normalized spacial score (nSPS) is 16.9. The second-order valence-electron chi connectivity index (χ2n) is 8.03. The molecular formula is C21H45IN4O. The van der Waals surface area contributed by atoms with E-state index in [1.54, 1.807) is 0 Å². The van der Waals surface area contributed by atoms with E-state index < -0.39 is 0 Å². The van der Waals surface area contributed by atoms with E-state index in [0.717, 1.165) is 50.8 Å². The number of aliphatic hydroxyl groups is 1. The number of guanidine groups is 1. The Balaban J connectivity index is 0.00000676. The number of hydrogen-bond acceptors (Lipinski definition) is 3. The van der Waals surface area contributed by atoms with Crippen LogP contribution in [0.3, 0.4) is 0 Å². The zero-order valence-corrected chi connectivity index (χ0v) is 20.6. The molecule has 5 nitrogen and oxygen atoms in total. The summed E-state index contributed by atoms with van der Waals surface area (Å²) in [6.45, 7) is 15.5. The van der Waals surface area contributed by atoms with Crippen LogP contribution in [0.4, 0.5) is 0 Å². The average Bonchev–Trinajstić information content (AvgIpc) is 2.66. The highest BCUT2D eigenvalue weighted by Gasteiger charge is 2.25. The third-order valence-electron chi connectivity index (χ3n) is 6.13. The fourth-order valence-corrected chi connectivity index (χ4v) is 3.68. The number of likely N-dealkylation sites (tertiary alicyclic amines) is 1. The second kappa shape index (κ2) is 15.8. The minimum Gasteiger partial charge on any atom is -0.396 e. The van der Waals surface area contributed by atoms with Crippen molar-refractivity contribution < 1.29 is 5.11 Å². The lowest BCUT2D eigenvalue weighted by Gasteiger charge is -2.30. The Morgan fingerprint density at radius 3 is 2.33 bits per heavy atom. The van der Waals surface area contributed by atoms with Gasteiger partial charge >= 0.3 is 0 Å². The lowest BCUT2D eigenvalue weighted by molar-refractivity contribution is 0.175. The highest BCUT2D eigenvalue weighted by molar-refractivity contribution is 14.0. The van der Waals surface area contributed by atoms with Gasteiger partial charge in [0.25, 0.3) is 0 Å². The van der Waals surface area contributed by atoms with E-state index in [4.69, 9.17) is 4.99 Å². The summed E-state index contributed by atoms with van der Waals surface area (Å²) in [5.74, 6) is 1.83. The lowest BCUT2D eigenvalue weighted by Crippen LogP contribution is -2.39. The van der Waals surface area contributed by atoms with E-state index in [1.807, 2.05) is 0 Å². The number of halogens is 1. The zero-order chi connectivity index (χ0) is 19.3. The lowest BCUT2D eigenvalue weighted by atomic mass is 9.79. The van der Waals surface area contributed by atoms with Crippen molar-refractivity contribution in [3.05, 3.63) is 0 Å². The molecule has 0 bridgehead atoms. The van der Waals surface area contributed by atoms with Gasteiger partial charge in [0, 0.05) is 26.2 Å². The molecule has 0 spiro atoms. The van der Waals surface area contributed by atoms with Crippen molar-refractivity contribution in [2.45, 2.75) is 72.6 Å². The van der Waals surface area contributed by atoms with E-state index in [0.29, 0.717) is 0 Å². The van der Waals surface area contributed by atoms with Gasteiger partial charge in [-0.05, 0) is 82.8 Å². The van der Waals surface area contributed by atoms with Gasteiger partial charge < -0.3 is 20.6 Å². The van der Waals surface area contributed by atoms with Crippen molar-refractivity contribution in [3.63, 3.8) is 0 Å². The van der Waals surface area contributed by atoms with E-state index in [9.17, 15) is 5.11 Å². The van der Waals surface area contributed by atoms with Gasteiger partial charge in [0.1, 0.15) is 0 Å². The van der Waals surface area contributed by atoms with Gasteiger partial charge in [0.2, 0.25) is 0 Å². The van der Waals surface area contributed by atoms with E-state index >= 15 is 0 Å². The summed E-state index contributed by atoms with van der Waals surface area (Å²) in [6.07, 6.45) is 8.10. The Morgan fingerprint density at radius 2 is 1.78 bits per heavy atom. The third-order valence-corrected chi connectivity index (χ3v) is 6.13. The first-order chi connectivity index (χ1) is 12.6. The van der Waals surface area contributed by atoms with Crippen molar-refractivity contribution in [1.29, 1.82) is 0 Å². The molecule has 1 rings (SSSR count). The number of rotatable bonds is 12. The Morgan fingerprint density at radius 1 is 1.11 bits per heavy atom. The molecule has 1 aliphatic heterocycles. The molecule has 0 radical (unpaired) electrons. The number of unbranched alkanes of at least 4 members (excludes halogenated alkanes) is 1. The summed E-state index contributed by atoms with van der Waals surface area (Å²) in [7, 11) is 0. The molecule has 1 saturated heterocycles. The van der Waals surface area contributed by atoms with Crippen LogP contribution in [-0.2, 0) is 0 Å². The van der Waals surface area contributed by atoms with Crippen LogP contribution in [0.1, 0.15) is 72.6 Å². The predicted molar refractivity (Wildman–Crippen MR) is 128 cm³/mol. The summed E-state index contributed by atoms with van der Waals surface area (Å²) in [5, 5.41) is 16.2. The molecule has 0 aromatic carbocycles. The second-order valence-corrected chi connectivity index (χ2v) is 8.03. The van der Waals surface area contributed by atoms with Gasteiger partial charge in [0.15, 0.2) is 5.96 Å². The molecule has 162 valence electrons. The summed E-state index contributed by atoms with van der Waals surface area (Å²) in [6, 6.07) is 0. The number of aliphatic hydroxyl groups excluding tert-OH is 1. The van der Waals surface area contributed by atoms with Crippen LogP contribution in [0.5, 0.6) is 0 Å². The fraction of sp³-hybridized carbons (Fsp3) is 0.952. The molecule has 0 atom stereocenters. The van der Waals surface area contributed by atoms with Crippen LogP contribution >= 0.6 is 24.0 Å². The van der Waals surface area contributed by atoms with Crippen molar-refractivity contribution in [1.82, 2.24) is 15.5 Å². The fourth-order valence-electron chi connectivity index (χ4n) is 3.68. The third kappa shape index (κ3) is 10.9. The number of nitrogens with one attached hydrogen (secondary N) is 2. The van der Waals surface area contributed by atoms with Gasteiger partial charge in [-0.15, -0.1) is 24.0 Å². The standard InChI is InChI=1S/C21H44N4O.HI/c1-5-21(6-2,12-17-26)18-24-20(22-7-3)23-13-8-9-14-25-15-10-19(4)11-16-25;/h19,26H,5-18H2,1-4H3,(H2,22,23,24);1H. The van der Waals surface area contributed by atoms with E-state index in [-0.39, 0.29) is 36.0 Å². The molecular weight excluding hydrogens is 451 g/mol. The van der Waals surface area contributed by atoms with Gasteiger partial charge in [-0.3, -0.25) is 4.99 Å². The monoisotopic (exact) mass is 496 g/mol. The topological polar surface area (TPSA) is 59.9 Å². The Hall–Kier alpha value is -0.0800. The highest BCUT2D eigenvalue weighted by atomic mass is 127.